The van der Waals surface area contributed by atoms with Crippen molar-refractivity contribution in [2.24, 2.45) is 11.5 Å². The SMILES string of the molecule is N=C(N)NCCN[C@@H](CC[C@H](N)C(=O)O)C[C@H]1O[C@@H](n2cnc3c(N)ncnc32)C(O)C1O. The summed E-state index contributed by atoms with van der Waals surface area (Å²) in [6.07, 6.45) is -0.649. The minimum atomic E-state index is -1.26. The van der Waals surface area contributed by atoms with Crippen molar-refractivity contribution in [3.8, 4) is 0 Å². The highest BCUT2D eigenvalue weighted by Gasteiger charge is 2.45. The van der Waals surface area contributed by atoms with Gasteiger partial charge >= 0.3 is 5.97 Å². The average Bonchev–Trinajstić information content (AvgIpc) is 3.31. The second kappa shape index (κ2) is 10.7. The highest BCUT2D eigenvalue weighted by atomic mass is 16.6. The minimum Gasteiger partial charge on any atom is -0.480 e. The normalized spacial score (nSPS) is 24.6. The van der Waals surface area contributed by atoms with Crippen LogP contribution in [0.25, 0.3) is 11.2 Å². The zero-order valence-corrected chi connectivity index (χ0v) is 17.8. The van der Waals surface area contributed by atoms with Crippen molar-refractivity contribution in [2.45, 2.75) is 55.9 Å². The Morgan fingerprint density at radius 2 is 2.00 bits per heavy atom. The van der Waals surface area contributed by atoms with E-state index in [1.807, 2.05) is 0 Å². The number of rotatable bonds is 11. The van der Waals surface area contributed by atoms with Crippen molar-refractivity contribution in [1.82, 2.24) is 30.2 Å². The monoisotopic (exact) mass is 466 g/mol. The van der Waals surface area contributed by atoms with Gasteiger partial charge in [0.25, 0.3) is 0 Å². The van der Waals surface area contributed by atoms with E-state index in [2.05, 4.69) is 25.6 Å². The van der Waals surface area contributed by atoms with E-state index in [1.165, 1.54) is 17.2 Å². The smallest absolute Gasteiger partial charge is 0.320 e. The molecule has 2 aromatic rings. The van der Waals surface area contributed by atoms with Gasteiger partial charge in [0.1, 0.15) is 30.1 Å². The lowest BCUT2D eigenvalue weighted by atomic mass is 9.98. The van der Waals surface area contributed by atoms with E-state index in [4.69, 9.17) is 32.5 Å². The number of aliphatic carboxylic acids is 1. The number of carboxylic acid groups (broad SMARTS) is 1. The van der Waals surface area contributed by atoms with Crippen LogP contribution in [-0.4, -0.2) is 90.3 Å². The lowest BCUT2D eigenvalue weighted by molar-refractivity contribution is -0.138. The van der Waals surface area contributed by atoms with Crippen molar-refractivity contribution in [3.05, 3.63) is 12.7 Å². The lowest BCUT2D eigenvalue weighted by Crippen LogP contribution is -2.43. The Balaban J connectivity index is 1.69. The summed E-state index contributed by atoms with van der Waals surface area (Å²) in [7, 11) is 0. The quantitative estimate of drug-likeness (QED) is 0.0912. The van der Waals surface area contributed by atoms with Crippen LogP contribution in [0.2, 0.25) is 0 Å². The summed E-state index contributed by atoms with van der Waals surface area (Å²) >= 11 is 0. The number of hydrogen-bond acceptors (Lipinski definition) is 11. The number of guanidine groups is 1. The molecule has 0 bridgehead atoms. The van der Waals surface area contributed by atoms with Crippen LogP contribution in [-0.2, 0) is 9.53 Å². The van der Waals surface area contributed by atoms with Gasteiger partial charge in [0.15, 0.2) is 23.7 Å². The first kappa shape index (κ1) is 24.5. The zero-order valence-electron chi connectivity index (χ0n) is 17.8. The molecule has 3 heterocycles. The number of nitrogens with zero attached hydrogens (tertiary/aromatic N) is 4. The number of aliphatic hydroxyl groups is 2. The van der Waals surface area contributed by atoms with Gasteiger partial charge in [-0.2, -0.15) is 0 Å². The number of carbonyl (C=O) groups is 1. The number of aromatic nitrogens is 4. The Morgan fingerprint density at radius 1 is 1.24 bits per heavy atom. The fourth-order valence-electron chi connectivity index (χ4n) is 3.77. The third-order valence-electron chi connectivity index (χ3n) is 5.53. The molecular weight excluding hydrogens is 436 g/mol. The zero-order chi connectivity index (χ0) is 24.1. The van der Waals surface area contributed by atoms with Gasteiger partial charge in [0.2, 0.25) is 0 Å². The summed E-state index contributed by atoms with van der Waals surface area (Å²) < 4.78 is 7.46. The van der Waals surface area contributed by atoms with Gasteiger partial charge in [-0.15, -0.1) is 0 Å². The van der Waals surface area contributed by atoms with E-state index >= 15 is 0 Å². The van der Waals surface area contributed by atoms with Gasteiger partial charge in [-0.1, -0.05) is 0 Å². The molecule has 6 atom stereocenters. The third kappa shape index (κ3) is 5.82. The Morgan fingerprint density at radius 3 is 2.70 bits per heavy atom. The van der Waals surface area contributed by atoms with E-state index in [0.717, 1.165) is 0 Å². The minimum absolute atomic E-state index is 0.168. The van der Waals surface area contributed by atoms with E-state index in [1.54, 1.807) is 0 Å². The van der Waals surface area contributed by atoms with Gasteiger partial charge in [-0.25, -0.2) is 15.0 Å². The number of nitrogen functional groups attached to an aromatic ring is 1. The molecule has 1 fully saturated rings. The van der Waals surface area contributed by atoms with E-state index < -0.39 is 36.6 Å². The summed E-state index contributed by atoms with van der Waals surface area (Å²) in [5.74, 6) is -1.09. The predicted molar refractivity (Wildman–Crippen MR) is 117 cm³/mol. The van der Waals surface area contributed by atoms with E-state index in [0.29, 0.717) is 30.7 Å². The van der Waals surface area contributed by atoms with Crippen molar-refractivity contribution < 1.29 is 24.9 Å². The molecule has 2 aromatic heterocycles. The number of hydrogen-bond donors (Lipinski definition) is 9. The molecule has 0 aliphatic carbocycles. The first-order valence-electron chi connectivity index (χ1n) is 10.4. The largest absolute Gasteiger partial charge is 0.480 e. The van der Waals surface area contributed by atoms with E-state index in [-0.39, 0.29) is 30.7 Å². The molecule has 0 saturated carbocycles. The summed E-state index contributed by atoms with van der Waals surface area (Å²) in [5.41, 5.74) is 17.4. The first-order valence-corrected chi connectivity index (χ1v) is 10.4. The van der Waals surface area contributed by atoms with Gasteiger partial charge in [0, 0.05) is 19.1 Å². The maximum absolute atomic E-state index is 11.1. The van der Waals surface area contributed by atoms with Crippen LogP contribution >= 0.6 is 0 Å². The molecule has 1 aliphatic rings. The number of nitrogens with one attached hydrogen (secondary N) is 3. The van der Waals surface area contributed by atoms with Crippen LogP contribution in [0.1, 0.15) is 25.5 Å². The molecule has 0 aromatic carbocycles. The molecule has 1 aliphatic heterocycles. The number of ether oxygens (including phenoxy) is 1. The maximum atomic E-state index is 11.1. The van der Waals surface area contributed by atoms with E-state index in [9.17, 15) is 15.0 Å². The first-order chi connectivity index (χ1) is 15.7. The Labute approximate surface area is 188 Å². The molecule has 33 heavy (non-hydrogen) atoms. The van der Waals surface area contributed by atoms with Gasteiger partial charge in [-0.3, -0.25) is 14.8 Å². The standard InChI is InChI=1S/C18H30N10O5/c19-9(17(31)32)2-1-8(23-3-4-24-18(21)22)5-10-12(29)13(30)16(33-10)28-7-27-11-14(20)25-6-26-15(11)28/h6-10,12-13,16,23,29-30H,1-5,19H2,(H,31,32)(H2,20,25,26)(H4,21,22,24)/t8-,9-,10+,12?,13?,16+/m0/s1. The molecule has 3 rings (SSSR count). The summed E-state index contributed by atoms with van der Waals surface area (Å²) in [6.45, 7) is 0.794. The van der Waals surface area contributed by atoms with Crippen LogP contribution in [0.4, 0.5) is 5.82 Å². The van der Waals surface area contributed by atoms with Crippen LogP contribution < -0.4 is 27.8 Å². The van der Waals surface area contributed by atoms with Gasteiger partial charge in [-0.05, 0) is 19.3 Å². The second-order valence-electron chi connectivity index (χ2n) is 7.88. The van der Waals surface area contributed by atoms with Crippen LogP contribution in [0.3, 0.4) is 0 Å². The summed E-state index contributed by atoms with van der Waals surface area (Å²) in [6, 6.07) is -1.31. The molecule has 15 nitrogen and oxygen atoms in total. The number of carboxylic acids is 1. The maximum Gasteiger partial charge on any atom is 0.320 e. The van der Waals surface area contributed by atoms with Crippen LogP contribution in [0, 0.1) is 5.41 Å². The number of nitrogens with two attached hydrogens (primary N) is 3. The van der Waals surface area contributed by atoms with Crippen LogP contribution in [0.15, 0.2) is 12.7 Å². The summed E-state index contributed by atoms with van der Waals surface area (Å²) in [4.78, 5) is 23.3. The molecule has 0 spiro atoms. The average molecular weight is 467 g/mol. The number of imidazole rings is 1. The predicted octanol–water partition coefficient (Wildman–Crippen LogP) is -2.95. The van der Waals surface area contributed by atoms with Crippen LogP contribution in [0.5, 0.6) is 0 Å². The topological polar surface area (TPSA) is 257 Å². The number of fused-ring (bicyclic) bond motifs is 1. The molecular formula is C18H30N10O5. The summed E-state index contributed by atoms with van der Waals surface area (Å²) in [5, 5.41) is 43.4. The van der Waals surface area contributed by atoms with Gasteiger partial charge in [0.05, 0.1) is 12.4 Å². The van der Waals surface area contributed by atoms with Gasteiger partial charge < -0.3 is 47.9 Å². The fourth-order valence-corrected chi connectivity index (χ4v) is 3.77. The van der Waals surface area contributed by atoms with Crippen molar-refractivity contribution in [3.63, 3.8) is 0 Å². The second-order valence-corrected chi connectivity index (χ2v) is 7.88. The molecule has 0 radical (unpaired) electrons. The van der Waals surface area contributed by atoms with Crippen molar-refractivity contribution in [1.29, 1.82) is 5.41 Å². The highest BCUT2D eigenvalue weighted by Crippen LogP contribution is 2.34. The molecule has 12 N–H and O–H groups in total. The molecule has 1 saturated heterocycles. The molecule has 0 amide bonds. The lowest BCUT2D eigenvalue weighted by Gasteiger charge is -2.24. The Hall–Kier alpha value is -3.11. The fraction of sp³-hybridized carbons (Fsp3) is 0.611. The molecule has 15 heteroatoms. The third-order valence-corrected chi connectivity index (χ3v) is 5.53. The molecule has 182 valence electrons. The molecule has 2 unspecified atom stereocenters. The number of aliphatic hydroxyl groups excluding tert-OH is 2. The Kier molecular flexibility index (Phi) is 7.93. The van der Waals surface area contributed by atoms with Crippen molar-refractivity contribution >= 4 is 28.9 Å². The van der Waals surface area contributed by atoms with Crippen molar-refractivity contribution in [2.75, 3.05) is 18.8 Å². The highest BCUT2D eigenvalue weighted by molar-refractivity contribution is 5.81. The number of anilines is 1. The Bertz CT molecular complexity index is 971.